The molecule has 2 aromatic carbocycles. The number of hydrogen-bond acceptors (Lipinski definition) is 3. The van der Waals surface area contributed by atoms with Crippen LogP contribution in [0.5, 0.6) is 5.75 Å². The van der Waals surface area contributed by atoms with Crippen LogP contribution in [-0.4, -0.2) is 22.4 Å². The van der Waals surface area contributed by atoms with E-state index in [0.29, 0.717) is 5.69 Å². The lowest BCUT2D eigenvalue weighted by molar-refractivity contribution is 0.0697. The molecule has 0 amide bonds. The first kappa shape index (κ1) is 14.8. The Labute approximate surface area is 133 Å². The third-order valence-electron chi connectivity index (χ3n) is 2.52. The zero-order valence-electron chi connectivity index (χ0n) is 10.0. The number of carboxylic acids is 1. The average molecular weight is 402 g/mol. The smallest absolute Gasteiger partial charge is 0.337 e. The van der Waals surface area contributed by atoms with Crippen LogP contribution >= 0.6 is 34.2 Å². The van der Waals surface area contributed by atoms with Crippen LogP contribution in [0.4, 0.5) is 5.69 Å². The fourth-order valence-corrected chi connectivity index (χ4v) is 2.31. The molecule has 0 radical (unpaired) electrons. The molecule has 2 rings (SSSR count). The van der Waals surface area contributed by atoms with E-state index in [0.717, 1.165) is 9.13 Å². The van der Waals surface area contributed by atoms with Crippen LogP contribution in [0.1, 0.15) is 15.9 Å². The van der Waals surface area contributed by atoms with E-state index in [4.69, 9.17) is 16.7 Å². The van der Waals surface area contributed by atoms with E-state index in [1.54, 1.807) is 30.5 Å². The van der Waals surface area contributed by atoms with Crippen LogP contribution in [0.3, 0.4) is 0 Å². The molecule has 4 nitrogen and oxygen atoms in total. The zero-order valence-corrected chi connectivity index (χ0v) is 13.0. The minimum Gasteiger partial charge on any atom is -0.507 e. The summed E-state index contributed by atoms with van der Waals surface area (Å²) in [6.45, 7) is 0. The van der Waals surface area contributed by atoms with Gasteiger partial charge in [-0.2, -0.15) is 0 Å². The summed E-state index contributed by atoms with van der Waals surface area (Å²) >= 11 is 7.89. The molecule has 0 aliphatic heterocycles. The standard InChI is InChI=1S/C14H9ClINO3/c15-11-6-9(2-3-10(11)14(19)20)17-7-8-1-4-13(18)12(16)5-8/h1-7,18H,(H,19,20). The van der Waals surface area contributed by atoms with Gasteiger partial charge in [0.05, 0.1) is 19.8 Å². The molecule has 0 saturated heterocycles. The summed E-state index contributed by atoms with van der Waals surface area (Å²) in [4.78, 5) is 15.1. The highest BCUT2D eigenvalue weighted by Gasteiger charge is 2.08. The maximum atomic E-state index is 10.8. The van der Waals surface area contributed by atoms with Crippen molar-refractivity contribution in [3.63, 3.8) is 0 Å². The molecule has 2 N–H and O–H groups in total. The lowest BCUT2D eigenvalue weighted by atomic mass is 10.2. The summed E-state index contributed by atoms with van der Waals surface area (Å²) in [7, 11) is 0. The molecule has 0 unspecified atom stereocenters. The number of carboxylic acid groups (broad SMARTS) is 1. The van der Waals surface area contributed by atoms with Crippen molar-refractivity contribution in [3.05, 3.63) is 56.1 Å². The van der Waals surface area contributed by atoms with Crippen molar-refractivity contribution in [3.8, 4) is 5.75 Å². The summed E-state index contributed by atoms with van der Waals surface area (Å²) in [5, 5.41) is 18.4. The SMILES string of the molecule is O=C(O)c1ccc(N=Cc2ccc(O)c(I)c2)cc1Cl. The Kier molecular flexibility index (Phi) is 4.61. The molecule has 6 heteroatoms. The fraction of sp³-hybridized carbons (Fsp3) is 0. The van der Waals surface area contributed by atoms with Crippen molar-refractivity contribution >= 4 is 52.1 Å². The van der Waals surface area contributed by atoms with E-state index in [2.05, 4.69) is 4.99 Å². The van der Waals surface area contributed by atoms with Gasteiger partial charge in [0.15, 0.2) is 0 Å². The molecule has 0 atom stereocenters. The van der Waals surface area contributed by atoms with Gasteiger partial charge in [-0.25, -0.2) is 4.79 Å². The molecule has 0 aromatic heterocycles. The summed E-state index contributed by atoms with van der Waals surface area (Å²) in [6, 6.07) is 9.59. The lowest BCUT2D eigenvalue weighted by Crippen LogP contribution is -1.96. The summed E-state index contributed by atoms with van der Waals surface area (Å²) in [5.41, 5.74) is 1.43. The van der Waals surface area contributed by atoms with Crippen LogP contribution in [0, 0.1) is 3.57 Å². The minimum atomic E-state index is -1.07. The molecule has 0 heterocycles. The molecular formula is C14H9ClINO3. The Bertz CT molecular complexity index is 701. The van der Waals surface area contributed by atoms with E-state index in [1.165, 1.54) is 12.1 Å². The van der Waals surface area contributed by atoms with E-state index in [9.17, 15) is 9.90 Å². The van der Waals surface area contributed by atoms with Gasteiger partial charge in [0.25, 0.3) is 0 Å². The van der Waals surface area contributed by atoms with Crippen molar-refractivity contribution in [2.24, 2.45) is 4.99 Å². The van der Waals surface area contributed by atoms with Gasteiger partial charge in [-0.15, -0.1) is 0 Å². The van der Waals surface area contributed by atoms with Gasteiger partial charge in [-0.3, -0.25) is 4.99 Å². The highest BCUT2D eigenvalue weighted by Crippen LogP contribution is 2.23. The summed E-state index contributed by atoms with van der Waals surface area (Å²) in [5.74, 6) is -0.852. The Balaban J connectivity index is 2.25. The number of phenols is 1. The fourth-order valence-electron chi connectivity index (χ4n) is 1.51. The second kappa shape index (κ2) is 6.23. The molecular weight excluding hydrogens is 393 g/mol. The van der Waals surface area contributed by atoms with Crippen LogP contribution in [0.2, 0.25) is 5.02 Å². The van der Waals surface area contributed by atoms with Crippen molar-refractivity contribution in [1.82, 2.24) is 0 Å². The van der Waals surface area contributed by atoms with Crippen LogP contribution in [0.15, 0.2) is 41.4 Å². The first-order valence-corrected chi connectivity index (χ1v) is 6.98. The highest BCUT2D eigenvalue weighted by molar-refractivity contribution is 14.1. The maximum absolute atomic E-state index is 10.8. The second-order valence-electron chi connectivity index (χ2n) is 3.94. The van der Waals surface area contributed by atoms with Crippen LogP contribution in [-0.2, 0) is 0 Å². The normalized spacial score (nSPS) is 10.9. The molecule has 0 bridgehead atoms. The van der Waals surface area contributed by atoms with Gasteiger partial charge in [0, 0.05) is 6.21 Å². The van der Waals surface area contributed by atoms with Crippen molar-refractivity contribution in [2.45, 2.75) is 0 Å². The van der Waals surface area contributed by atoms with Crippen molar-refractivity contribution < 1.29 is 15.0 Å². The number of carbonyl (C=O) groups is 1. The molecule has 102 valence electrons. The van der Waals surface area contributed by atoms with Crippen LogP contribution < -0.4 is 0 Å². The monoisotopic (exact) mass is 401 g/mol. The van der Waals surface area contributed by atoms with Crippen molar-refractivity contribution in [2.75, 3.05) is 0 Å². The van der Waals surface area contributed by atoms with Gasteiger partial charge in [0.2, 0.25) is 0 Å². The quantitative estimate of drug-likeness (QED) is 0.601. The molecule has 0 spiro atoms. The van der Waals surface area contributed by atoms with Gasteiger partial charge >= 0.3 is 5.97 Å². The van der Waals surface area contributed by atoms with Gasteiger partial charge < -0.3 is 10.2 Å². The Morgan fingerprint density at radius 1 is 1.25 bits per heavy atom. The number of halogens is 2. The lowest BCUT2D eigenvalue weighted by Gasteiger charge is -2.01. The van der Waals surface area contributed by atoms with Crippen molar-refractivity contribution in [1.29, 1.82) is 0 Å². The Hall–Kier alpha value is -1.60. The van der Waals surface area contributed by atoms with Gasteiger partial charge in [-0.05, 0) is 64.6 Å². The Morgan fingerprint density at radius 2 is 2.00 bits per heavy atom. The van der Waals surface area contributed by atoms with E-state index < -0.39 is 5.97 Å². The van der Waals surface area contributed by atoms with Gasteiger partial charge in [0.1, 0.15) is 5.75 Å². The minimum absolute atomic E-state index is 0.0461. The number of hydrogen-bond donors (Lipinski definition) is 2. The third-order valence-corrected chi connectivity index (χ3v) is 3.69. The molecule has 0 aliphatic carbocycles. The molecule has 2 aromatic rings. The Morgan fingerprint density at radius 3 is 2.60 bits per heavy atom. The average Bonchev–Trinajstić information content (AvgIpc) is 2.40. The first-order valence-electron chi connectivity index (χ1n) is 5.53. The maximum Gasteiger partial charge on any atom is 0.337 e. The van der Waals surface area contributed by atoms with Crippen LogP contribution in [0.25, 0.3) is 0 Å². The predicted molar refractivity (Wildman–Crippen MR) is 86.5 cm³/mol. The molecule has 0 fully saturated rings. The summed E-state index contributed by atoms with van der Waals surface area (Å²) in [6.07, 6.45) is 1.62. The van der Waals surface area contributed by atoms with E-state index >= 15 is 0 Å². The molecule has 0 aliphatic rings. The van der Waals surface area contributed by atoms with E-state index in [1.807, 2.05) is 22.6 Å². The molecule has 0 saturated carbocycles. The summed E-state index contributed by atoms with van der Waals surface area (Å²) < 4.78 is 0.728. The number of aromatic hydroxyl groups is 1. The predicted octanol–water partition coefficient (Wildman–Crippen LogP) is 4.10. The zero-order chi connectivity index (χ0) is 14.7. The number of nitrogens with zero attached hydrogens (tertiary/aromatic N) is 1. The highest BCUT2D eigenvalue weighted by atomic mass is 127. The topological polar surface area (TPSA) is 69.9 Å². The molecule has 20 heavy (non-hydrogen) atoms. The number of phenolic OH excluding ortho intramolecular Hbond substituents is 1. The number of aliphatic imine (C=N–C) groups is 1. The second-order valence-corrected chi connectivity index (χ2v) is 5.51. The third kappa shape index (κ3) is 3.49. The first-order chi connectivity index (χ1) is 9.47. The number of rotatable bonds is 3. The largest absolute Gasteiger partial charge is 0.507 e. The van der Waals surface area contributed by atoms with E-state index in [-0.39, 0.29) is 16.3 Å². The van der Waals surface area contributed by atoms with Gasteiger partial charge in [-0.1, -0.05) is 11.6 Å². The number of benzene rings is 2. The number of aromatic carboxylic acids is 1.